The van der Waals surface area contributed by atoms with Crippen molar-refractivity contribution in [2.45, 2.75) is 19.0 Å². The van der Waals surface area contributed by atoms with Gasteiger partial charge >= 0.3 is 0 Å². The van der Waals surface area contributed by atoms with Gasteiger partial charge in [-0.05, 0) is 29.8 Å². The van der Waals surface area contributed by atoms with Gasteiger partial charge in [0, 0.05) is 41.8 Å². The highest BCUT2D eigenvalue weighted by molar-refractivity contribution is 6.33. The van der Waals surface area contributed by atoms with Crippen LogP contribution in [0.3, 0.4) is 0 Å². The summed E-state index contributed by atoms with van der Waals surface area (Å²) in [5.41, 5.74) is 2.92. The number of H-pyrrole nitrogens is 1. The average molecular weight is 500 g/mol. The first-order valence-corrected chi connectivity index (χ1v) is 11.6. The molecule has 0 fully saturated rings. The first-order chi connectivity index (χ1) is 17.6. The van der Waals surface area contributed by atoms with Crippen LogP contribution in [0.5, 0.6) is 0 Å². The van der Waals surface area contributed by atoms with Crippen molar-refractivity contribution in [1.82, 2.24) is 35.4 Å². The largest absolute Gasteiger partial charge is 0.361 e. The van der Waals surface area contributed by atoms with Crippen LogP contribution in [0.2, 0.25) is 5.02 Å². The van der Waals surface area contributed by atoms with E-state index < -0.39 is 11.9 Å². The number of benzene rings is 2. The first kappa shape index (κ1) is 23.3. The fraction of sp³-hybridized carbons (Fsp3) is 0.115. The number of aromatic nitrogens is 5. The summed E-state index contributed by atoms with van der Waals surface area (Å²) in [5.74, 6) is -0.206. The van der Waals surface area contributed by atoms with Gasteiger partial charge in [-0.1, -0.05) is 48.0 Å². The summed E-state index contributed by atoms with van der Waals surface area (Å²) >= 11 is 6.22. The van der Waals surface area contributed by atoms with Gasteiger partial charge in [0.15, 0.2) is 5.82 Å². The van der Waals surface area contributed by atoms with E-state index in [1.54, 1.807) is 36.5 Å². The second kappa shape index (κ2) is 10.4. The van der Waals surface area contributed by atoms with Crippen molar-refractivity contribution in [3.63, 3.8) is 0 Å². The molecule has 36 heavy (non-hydrogen) atoms. The standard InChI is InChI=1S/C26H22ClN7O2/c27-21-9-3-1-8-20(21)25(35)33-23(12-18-14-30-22-10-4-2-7-19(18)22)26(36)31-13-17-6-5-11-29-24(17)34-16-28-15-32-34/h1-11,14-16,23,30H,12-13H2,(H,31,36)(H,33,35). The molecule has 1 atom stereocenters. The highest BCUT2D eigenvalue weighted by Crippen LogP contribution is 2.20. The molecule has 10 heteroatoms. The number of nitrogens with zero attached hydrogens (tertiary/aromatic N) is 4. The lowest BCUT2D eigenvalue weighted by Gasteiger charge is -2.19. The molecule has 3 N–H and O–H groups in total. The number of aromatic amines is 1. The third-order valence-corrected chi connectivity index (χ3v) is 6.13. The minimum Gasteiger partial charge on any atom is -0.361 e. The van der Waals surface area contributed by atoms with Crippen LogP contribution >= 0.6 is 11.6 Å². The molecular formula is C26H22ClN7O2. The molecule has 0 spiro atoms. The Hall–Kier alpha value is -4.50. The number of hydrogen-bond donors (Lipinski definition) is 3. The topological polar surface area (TPSA) is 118 Å². The van der Waals surface area contributed by atoms with Crippen LogP contribution < -0.4 is 10.6 Å². The molecule has 5 aromatic rings. The number of rotatable bonds is 8. The lowest BCUT2D eigenvalue weighted by molar-refractivity contribution is -0.123. The minimum atomic E-state index is -0.848. The van der Waals surface area contributed by atoms with E-state index in [-0.39, 0.29) is 18.9 Å². The van der Waals surface area contributed by atoms with E-state index in [2.05, 4.69) is 30.7 Å². The number of pyridine rings is 1. The van der Waals surface area contributed by atoms with Crippen molar-refractivity contribution in [3.05, 3.63) is 107 Å². The zero-order valence-electron chi connectivity index (χ0n) is 19.1. The number of halogens is 1. The maximum absolute atomic E-state index is 13.4. The van der Waals surface area contributed by atoms with Crippen LogP contribution in [-0.2, 0) is 17.8 Å². The Morgan fingerprint density at radius 2 is 1.86 bits per heavy atom. The van der Waals surface area contributed by atoms with Gasteiger partial charge in [-0.3, -0.25) is 9.59 Å². The molecule has 0 aliphatic carbocycles. The smallest absolute Gasteiger partial charge is 0.253 e. The van der Waals surface area contributed by atoms with Crippen molar-refractivity contribution >= 4 is 34.3 Å². The number of nitrogens with one attached hydrogen (secondary N) is 3. The molecule has 180 valence electrons. The van der Waals surface area contributed by atoms with Crippen molar-refractivity contribution in [2.75, 3.05) is 0 Å². The molecule has 0 aliphatic heterocycles. The normalized spacial score (nSPS) is 11.8. The molecular weight excluding hydrogens is 478 g/mol. The second-order valence-electron chi connectivity index (χ2n) is 8.11. The predicted octanol–water partition coefficient (Wildman–Crippen LogP) is 3.45. The molecule has 2 aromatic carbocycles. The van der Waals surface area contributed by atoms with Crippen molar-refractivity contribution < 1.29 is 9.59 Å². The summed E-state index contributed by atoms with van der Waals surface area (Å²) in [6.07, 6.45) is 6.74. The van der Waals surface area contributed by atoms with Crippen LogP contribution in [0.4, 0.5) is 0 Å². The number of carbonyl (C=O) groups excluding carboxylic acids is 2. The average Bonchev–Trinajstić information content (AvgIpc) is 3.58. The Morgan fingerprint density at radius 3 is 2.69 bits per heavy atom. The Morgan fingerprint density at radius 1 is 1.03 bits per heavy atom. The van der Waals surface area contributed by atoms with Gasteiger partial charge < -0.3 is 15.6 Å². The molecule has 5 rings (SSSR count). The van der Waals surface area contributed by atoms with Crippen molar-refractivity contribution in [3.8, 4) is 5.82 Å². The molecule has 2 amide bonds. The number of fused-ring (bicyclic) bond motifs is 1. The minimum absolute atomic E-state index is 0.189. The van der Waals surface area contributed by atoms with Crippen LogP contribution in [0.25, 0.3) is 16.7 Å². The molecule has 9 nitrogen and oxygen atoms in total. The van der Waals surface area contributed by atoms with Gasteiger partial charge in [0.1, 0.15) is 18.7 Å². The number of carbonyl (C=O) groups is 2. The number of amides is 2. The Kier molecular flexibility index (Phi) is 6.72. The van der Waals surface area contributed by atoms with Gasteiger partial charge in [0.25, 0.3) is 5.91 Å². The molecule has 0 saturated carbocycles. The highest BCUT2D eigenvalue weighted by atomic mass is 35.5. The summed E-state index contributed by atoms with van der Waals surface area (Å²) in [7, 11) is 0. The maximum Gasteiger partial charge on any atom is 0.253 e. The van der Waals surface area contributed by atoms with E-state index >= 15 is 0 Å². The third kappa shape index (κ3) is 4.96. The lowest BCUT2D eigenvalue weighted by Crippen LogP contribution is -2.48. The summed E-state index contributed by atoms with van der Waals surface area (Å²) in [6, 6.07) is 17.3. The van der Waals surface area contributed by atoms with E-state index in [0.29, 0.717) is 16.4 Å². The molecule has 0 radical (unpaired) electrons. The van der Waals surface area contributed by atoms with Crippen molar-refractivity contribution in [2.24, 2.45) is 0 Å². The van der Waals surface area contributed by atoms with Gasteiger partial charge in [0.2, 0.25) is 5.91 Å². The van der Waals surface area contributed by atoms with Crippen molar-refractivity contribution in [1.29, 1.82) is 0 Å². The Bertz CT molecular complexity index is 1510. The monoisotopic (exact) mass is 499 g/mol. The third-order valence-electron chi connectivity index (χ3n) is 5.80. The summed E-state index contributed by atoms with van der Waals surface area (Å²) < 4.78 is 1.53. The zero-order valence-corrected chi connectivity index (χ0v) is 19.8. The Labute approximate surface area is 211 Å². The molecule has 3 aromatic heterocycles. The van der Waals surface area contributed by atoms with E-state index in [1.807, 2.05) is 36.5 Å². The fourth-order valence-electron chi connectivity index (χ4n) is 4.01. The van der Waals surface area contributed by atoms with Gasteiger partial charge in [-0.15, -0.1) is 0 Å². The van der Waals surface area contributed by atoms with E-state index in [9.17, 15) is 9.59 Å². The highest BCUT2D eigenvalue weighted by Gasteiger charge is 2.24. The first-order valence-electron chi connectivity index (χ1n) is 11.3. The second-order valence-corrected chi connectivity index (χ2v) is 8.52. The quantitative estimate of drug-likeness (QED) is 0.302. The van der Waals surface area contributed by atoms with Crippen LogP contribution in [0, 0.1) is 0 Å². The predicted molar refractivity (Wildman–Crippen MR) is 136 cm³/mol. The lowest BCUT2D eigenvalue weighted by atomic mass is 10.0. The van der Waals surface area contributed by atoms with E-state index in [0.717, 1.165) is 22.0 Å². The summed E-state index contributed by atoms with van der Waals surface area (Å²) in [6.45, 7) is 0.189. The molecule has 0 bridgehead atoms. The molecule has 0 aliphatic rings. The van der Waals surface area contributed by atoms with Gasteiger partial charge in [0.05, 0.1) is 10.6 Å². The molecule has 0 saturated heterocycles. The number of para-hydroxylation sites is 1. The summed E-state index contributed by atoms with van der Waals surface area (Å²) in [4.78, 5) is 38.0. The molecule has 3 heterocycles. The zero-order chi connectivity index (χ0) is 24.9. The fourth-order valence-corrected chi connectivity index (χ4v) is 4.23. The number of hydrogen-bond acceptors (Lipinski definition) is 5. The Balaban J connectivity index is 1.38. The van der Waals surface area contributed by atoms with E-state index in [4.69, 9.17) is 11.6 Å². The maximum atomic E-state index is 13.4. The summed E-state index contributed by atoms with van der Waals surface area (Å²) in [5, 5.41) is 11.2. The van der Waals surface area contributed by atoms with Gasteiger partial charge in [-0.2, -0.15) is 5.10 Å². The van der Waals surface area contributed by atoms with Crippen LogP contribution in [-0.4, -0.2) is 42.6 Å². The van der Waals surface area contributed by atoms with E-state index in [1.165, 1.54) is 17.3 Å². The van der Waals surface area contributed by atoms with Crippen LogP contribution in [0.1, 0.15) is 21.5 Å². The SMILES string of the molecule is O=C(NC(Cc1c[nH]c2ccccc12)C(=O)NCc1cccnc1-n1cncn1)c1ccccc1Cl. The molecule has 1 unspecified atom stereocenters. The van der Waals surface area contributed by atoms with Gasteiger partial charge in [-0.25, -0.2) is 14.6 Å². The van der Waals surface area contributed by atoms with Crippen LogP contribution in [0.15, 0.2) is 85.7 Å².